The Hall–Kier alpha value is -1.04. The van der Waals surface area contributed by atoms with E-state index in [2.05, 4.69) is 4.99 Å². The van der Waals surface area contributed by atoms with Gasteiger partial charge in [0.05, 0.1) is 6.20 Å². The smallest absolute Gasteiger partial charge is 0.255 e. The Morgan fingerprint density at radius 3 is 2.27 bits per heavy atom. The summed E-state index contributed by atoms with van der Waals surface area (Å²) in [6, 6.07) is 0. The fraction of sp³-hybridized carbons (Fsp3) is 0.400. The monoisotopic (exact) mass is 175 g/mol. The molecule has 11 heavy (non-hydrogen) atoms. The van der Waals surface area contributed by atoms with Crippen LogP contribution in [-0.2, 0) is 9.84 Å². The molecular weight excluding hydrogens is 166 g/mol. The summed E-state index contributed by atoms with van der Waals surface area (Å²) in [6.45, 7) is 0. The summed E-state index contributed by atoms with van der Waals surface area (Å²) in [7, 11) is -0.250. The zero-order valence-corrected chi connectivity index (χ0v) is 7.09. The van der Waals surface area contributed by atoms with E-state index in [4.69, 9.17) is 5.73 Å². The van der Waals surface area contributed by atoms with Crippen LogP contribution in [-0.4, -0.2) is 32.6 Å². The minimum absolute atomic E-state index is 0.00463. The average Bonchev–Trinajstić information content (AvgIpc) is 2.08. The van der Waals surface area contributed by atoms with Crippen LogP contribution < -0.4 is 5.73 Å². The van der Waals surface area contributed by atoms with E-state index in [0.717, 1.165) is 6.20 Å². The quantitative estimate of drug-likeness (QED) is 0.517. The van der Waals surface area contributed by atoms with Gasteiger partial charge in [-0.1, -0.05) is 0 Å². The highest BCUT2D eigenvalue weighted by atomic mass is 32.2. The molecule has 6 heteroatoms. The Morgan fingerprint density at radius 2 is 2.09 bits per heavy atom. The molecule has 62 valence electrons. The lowest BCUT2D eigenvalue weighted by Crippen LogP contribution is -2.30. The summed E-state index contributed by atoms with van der Waals surface area (Å²) in [4.78, 5) is 5.04. The molecule has 2 N–H and O–H groups in total. The molecule has 0 unspecified atom stereocenters. The van der Waals surface area contributed by atoms with Gasteiger partial charge in [-0.25, -0.2) is 13.4 Å². The van der Waals surface area contributed by atoms with E-state index >= 15 is 0 Å². The number of rotatable bonds is 0. The van der Waals surface area contributed by atoms with Crippen LogP contribution >= 0.6 is 0 Å². The van der Waals surface area contributed by atoms with Crippen molar-refractivity contribution in [3.05, 3.63) is 11.2 Å². The SMILES string of the molecule is CN(C)C1=NC=C(N)S1(=O)=O. The number of amidine groups is 1. The minimum Gasteiger partial charge on any atom is -0.388 e. The summed E-state index contributed by atoms with van der Waals surface area (Å²) in [6.07, 6.45) is 1.14. The van der Waals surface area contributed by atoms with Crippen LogP contribution in [0.25, 0.3) is 0 Å². The van der Waals surface area contributed by atoms with Gasteiger partial charge in [0, 0.05) is 14.1 Å². The van der Waals surface area contributed by atoms with Crippen LogP contribution in [0.5, 0.6) is 0 Å². The predicted octanol–water partition coefficient (Wildman–Crippen LogP) is -0.910. The molecule has 0 saturated carbocycles. The lowest BCUT2D eigenvalue weighted by molar-refractivity contribution is 0.593. The maximum absolute atomic E-state index is 11.2. The Labute approximate surface area is 65.1 Å². The molecule has 0 spiro atoms. The molecule has 0 aromatic carbocycles. The third-order valence-corrected chi connectivity index (χ3v) is 2.91. The van der Waals surface area contributed by atoms with Crippen molar-refractivity contribution >= 4 is 15.0 Å². The minimum atomic E-state index is -3.45. The third kappa shape index (κ3) is 1.09. The van der Waals surface area contributed by atoms with Crippen LogP contribution in [0.4, 0.5) is 0 Å². The van der Waals surface area contributed by atoms with Crippen LogP contribution in [0.1, 0.15) is 0 Å². The molecule has 1 heterocycles. The highest BCUT2D eigenvalue weighted by molar-refractivity contribution is 8.09. The molecule has 1 aliphatic rings. The van der Waals surface area contributed by atoms with Gasteiger partial charge in [-0.15, -0.1) is 0 Å². The number of hydrogen-bond acceptors (Lipinski definition) is 5. The summed E-state index contributed by atoms with van der Waals surface area (Å²) in [5, 5.41) is -0.198. The second-order valence-electron chi connectivity index (χ2n) is 2.34. The van der Waals surface area contributed by atoms with E-state index in [1.165, 1.54) is 4.90 Å². The summed E-state index contributed by atoms with van der Waals surface area (Å²) in [5.74, 6) is 0. The first-order valence-corrected chi connectivity index (χ1v) is 4.40. The standard InChI is InChI=1S/C5H9N3O2S/c1-8(2)5-7-3-4(6)11(5,9)10/h3H,6H2,1-2H3. The first kappa shape index (κ1) is 8.06. The van der Waals surface area contributed by atoms with Crippen LogP contribution in [0, 0.1) is 0 Å². The molecule has 0 amide bonds. The molecule has 0 aliphatic carbocycles. The van der Waals surface area contributed by atoms with Gasteiger partial charge in [0.2, 0.25) is 5.17 Å². The van der Waals surface area contributed by atoms with E-state index in [1.54, 1.807) is 14.1 Å². The van der Waals surface area contributed by atoms with Gasteiger partial charge in [0.1, 0.15) is 0 Å². The first-order valence-electron chi connectivity index (χ1n) is 2.92. The average molecular weight is 175 g/mol. The molecule has 0 atom stereocenters. The second kappa shape index (κ2) is 2.23. The zero-order valence-electron chi connectivity index (χ0n) is 6.27. The molecule has 0 aromatic rings. The lowest BCUT2D eigenvalue weighted by atomic mass is 10.9. The maximum atomic E-state index is 11.2. The fourth-order valence-corrected chi connectivity index (χ4v) is 1.79. The Morgan fingerprint density at radius 1 is 1.55 bits per heavy atom. The van der Waals surface area contributed by atoms with Gasteiger partial charge >= 0.3 is 0 Å². The second-order valence-corrected chi connectivity index (χ2v) is 4.18. The van der Waals surface area contributed by atoms with Gasteiger partial charge in [0.15, 0.2) is 5.03 Å². The number of nitrogens with zero attached hydrogens (tertiary/aromatic N) is 2. The number of aliphatic imine (C=N–C) groups is 1. The largest absolute Gasteiger partial charge is 0.388 e. The highest BCUT2D eigenvalue weighted by Crippen LogP contribution is 2.12. The van der Waals surface area contributed by atoms with Crippen molar-refractivity contribution in [1.82, 2.24) is 4.90 Å². The Balaban J connectivity index is 3.13. The topological polar surface area (TPSA) is 75.8 Å². The van der Waals surface area contributed by atoms with E-state index in [0.29, 0.717) is 0 Å². The third-order valence-electron chi connectivity index (χ3n) is 1.24. The van der Waals surface area contributed by atoms with E-state index < -0.39 is 9.84 Å². The van der Waals surface area contributed by atoms with Gasteiger partial charge in [0.25, 0.3) is 9.84 Å². The summed E-state index contributed by atoms with van der Waals surface area (Å²) >= 11 is 0. The number of hydrogen-bond donors (Lipinski definition) is 1. The summed E-state index contributed by atoms with van der Waals surface area (Å²) in [5.41, 5.74) is 5.17. The van der Waals surface area contributed by atoms with Crippen LogP contribution in [0.2, 0.25) is 0 Å². The van der Waals surface area contributed by atoms with E-state index in [1.807, 2.05) is 0 Å². The van der Waals surface area contributed by atoms with Crippen molar-refractivity contribution in [1.29, 1.82) is 0 Å². The maximum Gasteiger partial charge on any atom is 0.255 e. The molecule has 0 bridgehead atoms. The predicted molar refractivity (Wildman–Crippen MR) is 42.3 cm³/mol. The molecule has 0 aromatic heterocycles. The van der Waals surface area contributed by atoms with Crippen LogP contribution in [0.15, 0.2) is 16.2 Å². The molecule has 0 radical (unpaired) electrons. The molecule has 1 rings (SSSR count). The number of nitrogens with two attached hydrogens (primary N) is 1. The Kier molecular flexibility index (Phi) is 1.63. The summed E-state index contributed by atoms with van der Waals surface area (Å²) < 4.78 is 22.3. The van der Waals surface area contributed by atoms with Crippen molar-refractivity contribution in [2.45, 2.75) is 0 Å². The van der Waals surface area contributed by atoms with Crippen molar-refractivity contribution < 1.29 is 8.42 Å². The zero-order chi connectivity index (χ0) is 8.65. The molecule has 0 saturated heterocycles. The van der Waals surface area contributed by atoms with E-state index in [9.17, 15) is 8.42 Å². The van der Waals surface area contributed by atoms with Crippen molar-refractivity contribution in [2.75, 3.05) is 14.1 Å². The molecule has 0 fully saturated rings. The normalized spacial score (nSPS) is 20.9. The van der Waals surface area contributed by atoms with E-state index in [-0.39, 0.29) is 10.2 Å². The van der Waals surface area contributed by atoms with Gasteiger partial charge in [-0.05, 0) is 0 Å². The molecule has 5 nitrogen and oxygen atoms in total. The highest BCUT2D eigenvalue weighted by Gasteiger charge is 2.28. The van der Waals surface area contributed by atoms with Gasteiger partial charge in [-0.3, -0.25) is 0 Å². The van der Waals surface area contributed by atoms with Gasteiger partial charge in [-0.2, -0.15) is 0 Å². The fourth-order valence-electron chi connectivity index (χ4n) is 0.719. The Bertz CT molecular complexity index is 326. The van der Waals surface area contributed by atoms with Crippen LogP contribution in [0.3, 0.4) is 0 Å². The van der Waals surface area contributed by atoms with Crippen molar-refractivity contribution in [3.63, 3.8) is 0 Å². The lowest BCUT2D eigenvalue weighted by Gasteiger charge is -2.10. The number of sulfone groups is 1. The molecular formula is C5H9N3O2S. The van der Waals surface area contributed by atoms with Crippen molar-refractivity contribution in [3.8, 4) is 0 Å². The van der Waals surface area contributed by atoms with Gasteiger partial charge < -0.3 is 10.6 Å². The first-order chi connectivity index (χ1) is 4.96. The van der Waals surface area contributed by atoms with Crippen molar-refractivity contribution in [2.24, 2.45) is 10.7 Å². The molecule has 1 aliphatic heterocycles.